The summed E-state index contributed by atoms with van der Waals surface area (Å²) in [5.74, 6) is -11.9. The van der Waals surface area contributed by atoms with Crippen LogP contribution in [0.3, 0.4) is 0 Å². The van der Waals surface area contributed by atoms with Gasteiger partial charge in [0.2, 0.25) is 5.91 Å². The van der Waals surface area contributed by atoms with Crippen molar-refractivity contribution in [2.75, 3.05) is 0 Å². The van der Waals surface area contributed by atoms with Gasteiger partial charge in [-0.3, -0.25) is 24.0 Å². The lowest BCUT2D eigenvalue weighted by Gasteiger charge is -2.52. The minimum absolute atomic E-state index is 0.0183. The highest BCUT2D eigenvalue weighted by molar-refractivity contribution is 6.31. The SMILES string of the molecule is CC(C)[C@@H]1C(=O)C(C(N)=O)C(=O)[C@@]2(O)C(=O)C3C(=O)c4c(O)ccc(CO)c4C[C@H]3C[C@@H]12. The fourth-order valence-electron chi connectivity index (χ4n) is 6.07. The highest BCUT2D eigenvalue weighted by Crippen LogP contribution is 2.53. The fourth-order valence-corrected chi connectivity index (χ4v) is 6.07. The molecule has 170 valence electrons. The molecule has 5 N–H and O–H groups in total. The average Bonchev–Trinajstić information content (AvgIpc) is 2.70. The molecule has 3 aliphatic carbocycles. The van der Waals surface area contributed by atoms with Crippen molar-refractivity contribution in [1.29, 1.82) is 0 Å². The third-order valence-electron chi connectivity index (χ3n) is 7.46. The maximum Gasteiger partial charge on any atom is 0.235 e. The number of phenols is 1. The number of primary amides is 1. The molecule has 2 unspecified atom stereocenters. The van der Waals surface area contributed by atoms with Crippen molar-refractivity contribution in [3.8, 4) is 5.75 Å². The van der Waals surface area contributed by atoms with E-state index in [0.29, 0.717) is 11.1 Å². The Kier molecular flexibility index (Phi) is 5.09. The van der Waals surface area contributed by atoms with Crippen molar-refractivity contribution in [2.45, 2.75) is 38.9 Å². The first-order valence-corrected chi connectivity index (χ1v) is 10.6. The minimum atomic E-state index is -2.69. The molecule has 6 atom stereocenters. The van der Waals surface area contributed by atoms with Gasteiger partial charge in [-0.25, -0.2) is 0 Å². The molecule has 2 fully saturated rings. The van der Waals surface area contributed by atoms with E-state index in [0.717, 1.165) is 0 Å². The molecule has 32 heavy (non-hydrogen) atoms. The first-order chi connectivity index (χ1) is 15.0. The number of ketones is 4. The van der Waals surface area contributed by atoms with Gasteiger partial charge in [-0.05, 0) is 41.9 Å². The minimum Gasteiger partial charge on any atom is -0.507 e. The zero-order chi connectivity index (χ0) is 23.7. The Hall–Kier alpha value is -2.91. The quantitative estimate of drug-likeness (QED) is 0.461. The standard InChI is InChI=1S/C23H25NO8/c1-8(2)14-12-6-10-5-11-9(7-25)3-4-13(26)16(11)19(28)15(10)20(29)23(12,32)21(30)17(18(14)27)22(24)31/h3-4,8,10,12,14-15,17,25-26,32H,5-7H2,1-2H3,(H2,24,31)/t10-,12-,14-,15?,17?,23-/m0/s1. The Morgan fingerprint density at radius 2 is 1.84 bits per heavy atom. The average molecular weight is 443 g/mol. The van der Waals surface area contributed by atoms with Gasteiger partial charge in [-0.2, -0.15) is 0 Å². The van der Waals surface area contributed by atoms with E-state index in [1.165, 1.54) is 12.1 Å². The molecule has 4 rings (SSSR count). The maximum absolute atomic E-state index is 13.6. The van der Waals surface area contributed by atoms with Crippen LogP contribution < -0.4 is 5.73 Å². The maximum atomic E-state index is 13.6. The van der Waals surface area contributed by atoms with Crippen molar-refractivity contribution < 1.29 is 39.3 Å². The van der Waals surface area contributed by atoms with Crippen LogP contribution in [0.1, 0.15) is 41.8 Å². The summed E-state index contributed by atoms with van der Waals surface area (Å²) in [6, 6.07) is 2.74. The number of aliphatic hydroxyl groups excluding tert-OH is 1. The molecule has 0 bridgehead atoms. The Labute approximate surface area is 183 Å². The van der Waals surface area contributed by atoms with Crippen LogP contribution in [0.15, 0.2) is 12.1 Å². The fraction of sp³-hybridized carbons (Fsp3) is 0.522. The van der Waals surface area contributed by atoms with Crippen molar-refractivity contribution in [1.82, 2.24) is 0 Å². The first kappa shape index (κ1) is 22.3. The van der Waals surface area contributed by atoms with Gasteiger partial charge in [-0.15, -0.1) is 0 Å². The number of carbonyl (C=O) groups excluding carboxylic acids is 5. The van der Waals surface area contributed by atoms with Crippen LogP contribution in [0.2, 0.25) is 0 Å². The zero-order valence-corrected chi connectivity index (χ0v) is 17.7. The highest BCUT2D eigenvalue weighted by atomic mass is 16.3. The van der Waals surface area contributed by atoms with Gasteiger partial charge in [0.05, 0.1) is 18.1 Å². The van der Waals surface area contributed by atoms with E-state index in [2.05, 4.69) is 0 Å². The van der Waals surface area contributed by atoms with Gasteiger partial charge < -0.3 is 21.1 Å². The van der Waals surface area contributed by atoms with E-state index in [1.54, 1.807) is 13.8 Å². The monoisotopic (exact) mass is 443 g/mol. The summed E-state index contributed by atoms with van der Waals surface area (Å²) in [5.41, 5.74) is 3.33. The van der Waals surface area contributed by atoms with Crippen molar-refractivity contribution in [2.24, 2.45) is 41.2 Å². The number of fused-ring (bicyclic) bond motifs is 3. The van der Waals surface area contributed by atoms with Gasteiger partial charge in [-0.1, -0.05) is 19.9 Å². The second-order valence-electron chi connectivity index (χ2n) is 9.41. The van der Waals surface area contributed by atoms with E-state index >= 15 is 0 Å². The molecule has 0 spiro atoms. The van der Waals surface area contributed by atoms with E-state index in [1.807, 2.05) is 0 Å². The number of rotatable bonds is 3. The summed E-state index contributed by atoms with van der Waals surface area (Å²) in [6.07, 6.45) is 0.172. The molecule has 1 aromatic carbocycles. The molecular formula is C23H25NO8. The van der Waals surface area contributed by atoms with Crippen LogP contribution in [-0.4, -0.2) is 50.0 Å². The summed E-state index contributed by atoms with van der Waals surface area (Å²) >= 11 is 0. The molecule has 1 aromatic rings. The second kappa shape index (κ2) is 7.31. The van der Waals surface area contributed by atoms with Gasteiger partial charge in [0.15, 0.2) is 34.7 Å². The smallest absolute Gasteiger partial charge is 0.235 e. The van der Waals surface area contributed by atoms with Gasteiger partial charge in [0.25, 0.3) is 0 Å². The lowest BCUT2D eigenvalue weighted by Crippen LogP contribution is -2.71. The molecule has 2 saturated carbocycles. The molecule has 0 heterocycles. The summed E-state index contributed by atoms with van der Waals surface area (Å²) < 4.78 is 0. The largest absolute Gasteiger partial charge is 0.507 e. The number of aliphatic hydroxyl groups is 2. The number of Topliss-reactive ketones (excluding diaryl/α,β-unsaturated/α-hetero) is 4. The lowest BCUT2D eigenvalue weighted by atomic mass is 9.49. The number of carbonyl (C=O) groups is 5. The number of hydrogen-bond acceptors (Lipinski definition) is 8. The summed E-state index contributed by atoms with van der Waals surface area (Å²) in [6.45, 7) is 3.01. The third-order valence-corrected chi connectivity index (χ3v) is 7.46. The summed E-state index contributed by atoms with van der Waals surface area (Å²) in [7, 11) is 0. The van der Waals surface area contributed by atoms with Crippen LogP contribution in [0.5, 0.6) is 5.75 Å². The first-order valence-electron chi connectivity index (χ1n) is 10.6. The Bertz CT molecular complexity index is 1080. The molecule has 9 nitrogen and oxygen atoms in total. The van der Waals surface area contributed by atoms with Crippen LogP contribution in [0.4, 0.5) is 0 Å². The lowest BCUT2D eigenvalue weighted by molar-refractivity contribution is -0.182. The van der Waals surface area contributed by atoms with E-state index in [9.17, 15) is 39.3 Å². The van der Waals surface area contributed by atoms with Crippen molar-refractivity contribution >= 4 is 29.0 Å². The van der Waals surface area contributed by atoms with Gasteiger partial charge >= 0.3 is 0 Å². The molecule has 9 heteroatoms. The number of amides is 1. The predicted molar refractivity (Wildman–Crippen MR) is 108 cm³/mol. The number of benzene rings is 1. The van der Waals surface area contributed by atoms with Crippen LogP contribution in [0, 0.1) is 35.5 Å². The van der Waals surface area contributed by atoms with Gasteiger partial charge in [0, 0.05) is 11.8 Å². The normalized spacial score (nSPS) is 34.2. The molecule has 3 aliphatic rings. The van der Waals surface area contributed by atoms with E-state index in [-0.39, 0.29) is 30.8 Å². The second-order valence-corrected chi connectivity index (χ2v) is 9.41. The number of phenolic OH excluding ortho intramolecular Hbond substituents is 1. The Morgan fingerprint density at radius 3 is 2.41 bits per heavy atom. The van der Waals surface area contributed by atoms with E-state index in [4.69, 9.17) is 5.73 Å². The molecule has 0 saturated heterocycles. The Morgan fingerprint density at radius 1 is 1.19 bits per heavy atom. The van der Waals surface area contributed by atoms with Crippen molar-refractivity contribution in [3.63, 3.8) is 0 Å². The van der Waals surface area contributed by atoms with Crippen LogP contribution >= 0.6 is 0 Å². The zero-order valence-electron chi connectivity index (χ0n) is 17.7. The van der Waals surface area contributed by atoms with E-state index < -0.39 is 70.1 Å². The number of hydrogen-bond donors (Lipinski definition) is 4. The van der Waals surface area contributed by atoms with Crippen molar-refractivity contribution in [3.05, 3.63) is 28.8 Å². The molecular weight excluding hydrogens is 418 g/mol. The number of nitrogens with two attached hydrogens (primary N) is 1. The molecule has 1 amide bonds. The molecule has 0 aromatic heterocycles. The number of aromatic hydroxyl groups is 1. The highest BCUT2D eigenvalue weighted by Gasteiger charge is 2.69. The third kappa shape index (κ3) is 2.74. The summed E-state index contributed by atoms with van der Waals surface area (Å²) in [4.78, 5) is 65.0. The topological polar surface area (TPSA) is 172 Å². The molecule has 0 radical (unpaired) electrons. The Balaban J connectivity index is 1.88. The van der Waals surface area contributed by atoms with Crippen LogP contribution in [0.25, 0.3) is 0 Å². The summed E-state index contributed by atoms with van der Waals surface area (Å²) in [5, 5.41) is 31.4. The molecule has 0 aliphatic heterocycles. The van der Waals surface area contributed by atoms with Gasteiger partial charge in [0.1, 0.15) is 5.75 Å². The predicted octanol–water partition coefficient (Wildman–Crippen LogP) is -0.299. The van der Waals surface area contributed by atoms with Crippen LogP contribution in [-0.2, 0) is 32.2 Å².